The average Bonchev–Trinajstić information content (AvgIpc) is 2.26. The van der Waals surface area contributed by atoms with Crippen molar-refractivity contribution in [3.8, 4) is 11.5 Å². The molecule has 0 N–H and O–H groups in total. The van der Waals surface area contributed by atoms with Crippen molar-refractivity contribution in [3.05, 3.63) is 23.3 Å². The third-order valence-electron chi connectivity index (χ3n) is 1.97. The normalized spacial score (nSPS) is 9.64. The monoisotopic (exact) mass is 306 g/mol. The Bertz CT molecular complexity index is 336. The van der Waals surface area contributed by atoms with Crippen LogP contribution in [0.3, 0.4) is 0 Å². The summed E-state index contributed by atoms with van der Waals surface area (Å²) in [4.78, 5) is 10.9. The maximum atomic E-state index is 10.9. The van der Waals surface area contributed by atoms with Gasteiger partial charge in [-0.25, -0.2) is 0 Å². The quantitative estimate of drug-likeness (QED) is 0.487. The van der Waals surface area contributed by atoms with E-state index in [2.05, 4.69) is 22.6 Å². The van der Waals surface area contributed by atoms with Crippen LogP contribution in [0.2, 0.25) is 0 Å². The molecule has 0 aliphatic carbocycles. The van der Waals surface area contributed by atoms with E-state index in [1.807, 2.05) is 0 Å². The zero-order chi connectivity index (χ0) is 10.6. The lowest BCUT2D eigenvalue weighted by Crippen LogP contribution is -1.98. The molecule has 4 heteroatoms. The minimum Gasteiger partial charge on any atom is -0.496 e. The van der Waals surface area contributed by atoms with Crippen LogP contribution < -0.4 is 9.47 Å². The lowest BCUT2D eigenvalue weighted by atomic mass is 10.1. The number of hydrogen-bond acceptors (Lipinski definition) is 3. The predicted octanol–water partition coefficient (Wildman–Crippen LogP) is 2.45. The largest absolute Gasteiger partial charge is 0.496 e. The molecule has 0 radical (unpaired) electrons. The highest BCUT2D eigenvalue weighted by atomic mass is 127. The van der Waals surface area contributed by atoms with Gasteiger partial charge in [-0.1, -0.05) is 22.6 Å². The number of rotatable bonds is 4. The first kappa shape index (κ1) is 11.3. The first-order valence-corrected chi connectivity index (χ1v) is 5.56. The summed E-state index contributed by atoms with van der Waals surface area (Å²) < 4.78 is 11.0. The topological polar surface area (TPSA) is 35.5 Å². The third-order valence-corrected chi connectivity index (χ3v) is 2.73. The molecule has 0 unspecified atom stereocenters. The second-order valence-electron chi connectivity index (χ2n) is 2.61. The highest BCUT2D eigenvalue weighted by Crippen LogP contribution is 2.30. The Kier molecular flexibility index (Phi) is 4.19. The van der Waals surface area contributed by atoms with Crippen LogP contribution in [0.25, 0.3) is 0 Å². The van der Waals surface area contributed by atoms with Crippen LogP contribution in [0.1, 0.15) is 15.9 Å². The Labute approximate surface area is 96.5 Å². The summed E-state index contributed by atoms with van der Waals surface area (Å²) in [6.45, 7) is 0. The van der Waals surface area contributed by atoms with Gasteiger partial charge in [-0.15, -0.1) is 0 Å². The number of carbonyl (C=O) groups is 1. The van der Waals surface area contributed by atoms with Gasteiger partial charge in [0.15, 0.2) is 6.29 Å². The van der Waals surface area contributed by atoms with E-state index in [0.29, 0.717) is 15.7 Å². The number of benzene rings is 1. The van der Waals surface area contributed by atoms with Crippen molar-refractivity contribution >= 4 is 28.9 Å². The number of hydrogen-bond donors (Lipinski definition) is 0. The molecule has 0 atom stereocenters. The average molecular weight is 306 g/mol. The first-order chi connectivity index (χ1) is 6.78. The lowest BCUT2D eigenvalue weighted by molar-refractivity contribution is 0.111. The summed E-state index contributed by atoms with van der Waals surface area (Å²) >= 11 is 2.19. The molecule has 0 saturated heterocycles. The van der Waals surface area contributed by atoms with Gasteiger partial charge in [-0.3, -0.25) is 4.79 Å². The van der Waals surface area contributed by atoms with Gasteiger partial charge in [0, 0.05) is 9.99 Å². The number of halogens is 1. The van der Waals surface area contributed by atoms with E-state index in [0.717, 1.165) is 17.6 Å². The maximum absolute atomic E-state index is 10.9. The summed E-state index contributed by atoms with van der Waals surface area (Å²) in [6, 6.07) is 3.54. The van der Waals surface area contributed by atoms with Gasteiger partial charge in [0.05, 0.1) is 19.8 Å². The summed E-state index contributed by atoms with van der Waals surface area (Å²) in [5.74, 6) is 1.31. The Hall–Kier alpha value is -0.780. The molecule has 0 aliphatic rings. The second kappa shape index (κ2) is 5.19. The molecule has 1 aromatic carbocycles. The molecule has 76 valence electrons. The predicted molar refractivity (Wildman–Crippen MR) is 62.7 cm³/mol. The van der Waals surface area contributed by atoms with Gasteiger partial charge in [-0.2, -0.15) is 0 Å². The van der Waals surface area contributed by atoms with Crippen molar-refractivity contribution in [1.82, 2.24) is 0 Å². The standard InChI is InChI=1S/C10H11IO3/c1-13-9-3-4-10(14-2)8(6-12)7(9)5-11/h3-4,6H,5H2,1-2H3. The number of alkyl halides is 1. The highest BCUT2D eigenvalue weighted by Gasteiger charge is 2.12. The minimum absolute atomic E-state index is 0.571. The fourth-order valence-corrected chi connectivity index (χ4v) is 2.05. The van der Waals surface area contributed by atoms with E-state index in [4.69, 9.17) is 9.47 Å². The summed E-state index contributed by atoms with van der Waals surface area (Å²) in [5.41, 5.74) is 1.45. The molecular formula is C10H11IO3. The fraction of sp³-hybridized carbons (Fsp3) is 0.300. The second-order valence-corrected chi connectivity index (χ2v) is 3.38. The van der Waals surface area contributed by atoms with Gasteiger partial charge in [0.2, 0.25) is 0 Å². The molecule has 0 amide bonds. The molecule has 1 aromatic rings. The number of methoxy groups -OCH3 is 2. The van der Waals surface area contributed by atoms with Crippen molar-refractivity contribution in [3.63, 3.8) is 0 Å². The Morgan fingerprint density at radius 3 is 2.29 bits per heavy atom. The Morgan fingerprint density at radius 2 is 1.86 bits per heavy atom. The molecule has 0 saturated carbocycles. The van der Waals surface area contributed by atoms with Crippen LogP contribution in [-0.2, 0) is 4.43 Å². The van der Waals surface area contributed by atoms with Gasteiger partial charge in [0.25, 0.3) is 0 Å². The molecule has 0 aromatic heterocycles. The molecule has 14 heavy (non-hydrogen) atoms. The molecule has 3 nitrogen and oxygen atoms in total. The van der Waals surface area contributed by atoms with Gasteiger partial charge in [0.1, 0.15) is 11.5 Å². The lowest BCUT2D eigenvalue weighted by Gasteiger charge is -2.11. The highest BCUT2D eigenvalue weighted by molar-refractivity contribution is 14.1. The van der Waals surface area contributed by atoms with E-state index in [9.17, 15) is 4.79 Å². The van der Waals surface area contributed by atoms with Crippen molar-refractivity contribution in [2.24, 2.45) is 0 Å². The number of ether oxygens (including phenoxy) is 2. The van der Waals surface area contributed by atoms with Crippen LogP contribution in [0.5, 0.6) is 11.5 Å². The molecule has 0 heterocycles. The van der Waals surface area contributed by atoms with Crippen LogP contribution in [-0.4, -0.2) is 20.5 Å². The van der Waals surface area contributed by atoms with Crippen molar-refractivity contribution in [1.29, 1.82) is 0 Å². The third kappa shape index (κ3) is 2.00. The zero-order valence-electron chi connectivity index (χ0n) is 8.04. The summed E-state index contributed by atoms with van der Waals surface area (Å²) in [5, 5.41) is 0. The fourth-order valence-electron chi connectivity index (χ4n) is 1.26. The van der Waals surface area contributed by atoms with E-state index < -0.39 is 0 Å². The smallest absolute Gasteiger partial charge is 0.154 e. The Balaban J connectivity index is 3.35. The SMILES string of the molecule is COc1ccc(OC)c(CI)c1C=O. The molecule has 0 aliphatic heterocycles. The first-order valence-electron chi connectivity index (χ1n) is 4.03. The molecule has 0 spiro atoms. The molecule has 0 fully saturated rings. The van der Waals surface area contributed by atoms with E-state index in [1.54, 1.807) is 26.4 Å². The summed E-state index contributed by atoms with van der Waals surface area (Å²) in [6.07, 6.45) is 0.801. The van der Waals surface area contributed by atoms with Crippen molar-refractivity contribution in [2.45, 2.75) is 4.43 Å². The summed E-state index contributed by atoms with van der Waals surface area (Å²) in [7, 11) is 3.14. The van der Waals surface area contributed by atoms with Crippen LogP contribution >= 0.6 is 22.6 Å². The molecule has 1 rings (SSSR count). The van der Waals surface area contributed by atoms with E-state index in [-0.39, 0.29) is 0 Å². The number of aldehydes is 1. The molecule has 0 bridgehead atoms. The van der Waals surface area contributed by atoms with E-state index >= 15 is 0 Å². The molecular weight excluding hydrogens is 295 g/mol. The van der Waals surface area contributed by atoms with Crippen LogP contribution in [0.15, 0.2) is 12.1 Å². The van der Waals surface area contributed by atoms with Crippen molar-refractivity contribution in [2.75, 3.05) is 14.2 Å². The Morgan fingerprint density at radius 1 is 1.29 bits per heavy atom. The van der Waals surface area contributed by atoms with E-state index in [1.165, 1.54) is 0 Å². The number of carbonyl (C=O) groups excluding carboxylic acids is 1. The minimum atomic E-state index is 0.571. The van der Waals surface area contributed by atoms with Crippen LogP contribution in [0, 0.1) is 0 Å². The maximum Gasteiger partial charge on any atom is 0.154 e. The van der Waals surface area contributed by atoms with Gasteiger partial charge in [-0.05, 0) is 12.1 Å². The van der Waals surface area contributed by atoms with Gasteiger partial charge >= 0.3 is 0 Å². The van der Waals surface area contributed by atoms with Crippen LogP contribution in [0.4, 0.5) is 0 Å². The zero-order valence-corrected chi connectivity index (χ0v) is 10.2. The van der Waals surface area contributed by atoms with Crippen molar-refractivity contribution < 1.29 is 14.3 Å². The van der Waals surface area contributed by atoms with Gasteiger partial charge < -0.3 is 9.47 Å².